The Bertz CT molecular complexity index is 333. The maximum atomic E-state index is 11.9. The summed E-state index contributed by atoms with van der Waals surface area (Å²) < 4.78 is 0. The number of unbranched alkanes of at least 4 members (excludes halogenated alkanes) is 1. The number of carbonyl (C=O) groups is 1. The van der Waals surface area contributed by atoms with E-state index in [1.54, 1.807) is 0 Å². The molecule has 0 radical (unpaired) electrons. The topological polar surface area (TPSA) is 32.3 Å². The number of allylic oxidation sites excluding steroid dienone is 2. The number of hydrogen-bond acceptors (Lipinski definition) is 2. The van der Waals surface area contributed by atoms with Crippen LogP contribution in [0, 0.1) is 5.92 Å². The molecule has 2 unspecified atom stereocenters. The molecule has 0 bridgehead atoms. The zero-order valence-corrected chi connectivity index (χ0v) is 12.1. The summed E-state index contributed by atoms with van der Waals surface area (Å²) in [5.41, 5.74) is 1.19. The van der Waals surface area contributed by atoms with Gasteiger partial charge in [-0.25, -0.2) is 0 Å². The third-order valence-electron chi connectivity index (χ3n) is 3.33. The summed E-state index contributed by atoms with van der Waals surface area (Å²) in [5.74, 6) is 0.620. The lowest BCUT2D eigenvalue weighted by atomic mass is 10.0. The largest absolute Gasteiger partial charge is 0.357 e. The summed E-state index contributed by atoms with van der Waals surface area (Å²) >= 11 is 0. The molecule has 3 nitrogen and oxygen atoms in total. The van der Waals surface area contributed by atoms with Gasteiger partial charge < -0.3 is 10.2 Å². The predicted molar refractivity (Wildman–Crippen MR) is 75.9 cm³/mol. The van der Waals surface area contributed by atoms with E-state index in [9.17, 15) is 4.79 Å². The van der Waals surface area contributed by atoms with E-state index >= 15 is 0 Å². The van der Waals surface area contributed by atoms with Crippen LogP contribution in [0.15, 0.2) is 23.9 Å². The van der Waals surface area contributed by atoms with Crippen molar-refractivity contribution in [2.24, 2.45) is 5.92 Å². The predicted octanol–water partition coefficient (Wildman–Crippen LogP) is 3.05. The Morgan fingerprint density at radius 3 is 2.94 bits per heavy atom. The molecular weight excluding hydrogens is 224 g/mol. The van der Waals surface area contributed by atoms with Crippen LogP contribution in [0.25, 0.3) is 0 Å². The van der Waals surface area contributed by atoms with Gasteiger partial charge in [0.2, 0.25) is 5.91 Å². The fourth-order valence-corrected chi connectivity index (χ4v) is 2.09. The van der Waals surface area contributed by atoms with Crippen molar-refractivity contribution in [3.63, 3.8) is 0 Å². The molecule has 1 aliphatic heterocycles. The Morgan fingerprint density at radius 2 is 2.28 bits per heavy atom. The normalized spacial score (nSPS) is 20.6. The molecule has 1 heterocycles. The van der Waals surface area contributed by atoms with Crippen molar-refractivity contribution in [2.45, 2.75) is 52.6 Å². The Kier molecular flexibility index (Phi) is 5.96. The van der Waals surface area contributed by atoms with E-state index in [1.807, 2.05) is 31.1 Å². The molecule has 0 aromatic heterocycles. The lowest BCUT2D eigenvalue weighted by Crippen LogP contribution is -2.44. The van der Waals surface area contributed by atoms with E-state index in [0.29, 0.717) is 12.3 Å². The molecule has 102 valence electrons. The van der Waals surface area contributed by atoms with Gasteiger partial charge in [0.25, 0.3) is 0 Å². The molecule has 1 amide bonds. The summed E-state index contributed by atoms with van der Waals surface area (Å²) in [6.07, 6.45) is 10.3. The van der Waals surface area contributed by atoms with Crippen molar-refractivity contribution in [1.82, 2.24) is 10.2 Å². The quantitative estimate of drug-likeness (QED) is 0.786. The molecule has 0 aromatic carbocycles. The van der Waals surface area contributed by atoms with Gasteiger partial charge in [-0.3, -0.25) is 4.79 Å². The van der Waals surface area contributed by atoms with Crippen molar-refractivity contribution >= 4 is 5.91 Å². The summed E-state index contributed by atoms with van der Waals surface area (Å²) in [4.78, 5) is 14.0. The number of hydrogen-bond donors (Lipinski definition) is 1. The zero-order chi connectivity index (χ0) is 13.5. The van der Waals surface area contributed by atoms with Gasteiger partial charge in [-0.2, -0.15) is 0 Å². The first-order chi connectivity index (χ1) is 8.52. The average Bonchev–Trinajstić information content (AvgIpc) is 2.31. The van der Waals surface area contributed by atoms with Crippen LogP contribution in [0.2, 0.25) is 0 Å². The number of carbonyl (C=O) groups excluding carboxylic acids is 1. The van der Waals surface area contributed by atoms with Crippen LogP contribution in [-0.2, 0) is 4.79 Å². The van der Waals surface area contributed by atoms with E-state index in [1.165, 1.54) is 18.4 Å². The van der Waals surface area contributed by atoms with Crippen LogP contribution in [0.1, 0.15) is 46.5 Å². The lowest BCUT2D eigenvalue weighted by Gasteiger charge is -2.28. The summed E-state index contributed by atoms with van der Waals surface area (Å²) in [6, 6.07) is 0. The van der Waals surface area contributed by atoms with E-state index in [-0.39, 0.29) is 12.1 Å². The van der Waals surface area contributed by atoms with Crippen molar-refractivity contribution in [3.05, 3.63) is 23.9 Å². The molecule has 0 aromatic rings. The van der Waals surface area contributed by atoms with Gasteiger partial charge >= 0.3 is 0 Å². The number of nitrogens with zero attached hydrogens (tertiary/aromatic N) is 1. The molecule has 2 atom stereocenters. The molecule has 1 N–H and O–H groups in total. The second-order valence-corrected chi connectivity index (χ2v) is 5.36. The Morgan fingerprint density at radius 1 is 1.56 bits per heavy atom. The van der Waals surface area contributed by atoms with Gasteiger partial charge in [0.15, 0.2) is 0 Å². The third kappa shape index (κ3) is 4.94. The zero-order valence-electron chi connectivity index (χ0n) is 12.1. The van der Waals surface area contributed by atoms with E-state index in [2.05, 4.69) is 25.2 Å². The third-order valence-corrected chi connectivity index (χ3v) is 3.33. The van der Waals surface area contributed by atoms with Crippen LogP contribution >= 0.6 is 0 Å². The summed E-state index contributed by atoms with van der Waals surface area (Å²) in [5, 5.41) is 3.07. The Balaban J connectivity index is 2.38. The number of likely N-dealkylation sites (N-methyl/N-ethyl adjacent to an activating group) is 1. The van der Waals surface area contributed by atoms with Gasteiger partial charge in [0.05, 0.1) is 0 Å². The van der Waals surface area contributed by atoms with Gasteiger partial charge in [-0.1, -0.05) is 33.1 Å². The van der Waals surface area contributed by atoms with Crippen molar-refractivity contribution < 1.29 is 4.79 Å². The highest BCUT2D eigenvalue weighted by atomic mass is 16.1. The van der Waals surface area contributed by atoms with Gasteiger partial charge in [0, 0.05) is 19.7 Å². The number of amides is 1. The molecule has 0 aliphatic carbocycles. The average molecular weight is 250 g/mol. The standard InChI is InChI=1S/C15H26N2O/c1-5-6-7-12(2)11-15(18)16-14-10-13(3)8-9-17(14)4/h8-10,12,14H,5-7,11H2,1-4H3,(H,16,18). The molecule has 18 heavy (non-hydrogen) atoms. The van der Waals surface area contributed by atoms with Crippen molar-refractivity contribution in [2.75, 3.05) is 7.05 Å². The number of rotatable bonds is 6. The van der Waals surface area contributed by atoms with Gasteiger partial charge in [-0.05, 0) is 30.6 Å². The fraction of sp³-hybridized carbons (Fsp3) is 0.667. The molecular formula is C15H26N2O. The SMILES string of the molecule is CCCCC(C)CC(=O)NC1C=C(C)C=CN1C. The molecule has 0 saturated heterocycles. The highest BCUT2D eigenvalue weighted by molar-refractivity contribution is 5.76. The van der Waals surface area contributed by atoms with Crippen LogP contribution < -0.4 is 5.32 Å². The van der Waals surface area contributed by atoms with Crippen LogP contribution in [0.4, 0.5) is 0 Å². The summed E-state index contributed by atoms with van der Waals surface area (Å²) in [7, 11) is 1.98. The van der Waals surface area contributed by atoms with Crippen molar-refractivity contribution in [3.8, 4) is 0 Å². The maximum absolute atomic E-state index is 11.9. The van der Waals surface area contributed by atoms with E-state index in [0.717, 1.165) is 6.42 Å². The van der Waals surface area contributed by atoms with E-state index < -0.39 is 0 Å². The molecule has 0 saturated carbocycles. The first-order valence-corrected chi connectivity index (χ1v) is 6.90. The number of nitrogens with one attached hydrogen (secondary N) is 1. The Hall–Kier alpha value is -1.25. The molecule has 0 spiro atoms. The fourth-order valence-electron chi connectivity index (χ4n) is 2.09. The van der Waals surface area contributed by atoms with E-state index in [4.69, 9.17) is 0 Å². The smallest absolute Gasteiger partial charge is 0.222 e. The second kappa shape index (κ2) is 7.24. The monoisotopic (exact) mass is 250 g/mol. The molecule has 0 fully saturated rings. The maximum Gasteiger partial charge on any atom is 0.222 e. The molecule has 3 heteroatoms. The first kappa shape index (κ1) is 14.8. The Labute approximate surface area is 111 Å². The molecule has 1 aliphatic rings. The van der Waals surface area contributed by atoms with Crippen LogP contribution in [0.5, 0.6) is 0 Å². The van der Waals surface area contributed by atoms with Crippen LogP contribution in [-0.4, -0.2) is 24.0 Å². The van der Waals surface area contributed by atoms with Crippen molar-refractivity contribution in [1.29, 1.82) is 0 Å². The lowest BCUT2D eigenvalue weighted by molar-refractivity contribution is -0.123. The minimum Gasteiger partial charge on any atom is -0.357 e. The molecule has 1 rings (SSSR count). The van der Waals surface area contributed by atoms with Crippen LogP contribution in [0.3, 0.4) is 0 Å². The van der Waals surface area contributed by atoms with Gasteiger partial charge in [0.1, 0.15) is 6.17 Å². The minimum absolute atomic E-state index is 0.000810. The summed E-state index contributed by atoms with van der Waals surface area (Å²) in [6.45, 7) is 6.39. The highest BCUT2D eigenvalue weighted by Crippen LogP contribution is 2.13. The minimum atomic E-state index is 0.000810. The second-order valence-electron chi connectivity index (χ2n) is 5.36. The first-order valence-electron chi connectivity index (χ1n) is 6.90. The van der Waals surface area contributed by atoms with Gasteiger partial charge in [-0.15, -0.1) is 0 Å². The highest BCUT2D eigenvalue weighted by Gasteiger charge is 2.16.